The van der Waals surface area contributed by atoms with Crippen LogP contribution in [0, 0.1) is 0 Å². The average molecular weight is 215 g/mol. The summed E-state index contributed by atoms with van der Waals surface area (Å²) in [5, 5.41) is 14.8. The Balaban J connectivity index is 2.16. The van der Waals surface area contributed by atoms with Crippen molar-refractivity contribution in [3.05, 3.63) is 0 Å². The van der Waals surface area contributed by atoms with Crippen LogP contribution in [0.2, 0.25) is 0 Å². The second-order valence-electron chi connectivity index (χ2n) is 4.01. The summed E-state index contributed by atoms with van der Waals surface area (Å²) < 4.78 is 0. The van der Waals surface area contributed by atoms with Gasteiger partial charge in [-0.05, 0) is 13.3 Å². The first kappa shape index (κ1) is 12.4. The lowest BCUT2D eigenvalue weighted by atomic mass is 10.2. The molecule has 1 aliphatic rings. The molecule has 0 aliphatic carbocycles. The first-order valence-corrected chi connectivity index (χ1v) is 5.55. The third-order valence-corrected chi connectivity index (χ3v) is 2.55. The number of hydrogen-bond acceptors (Lipinski definition) is 4. The molecule has 0 aromatic carbocycles. The summed E-state index contributed by atoms with van der Waals surface area (Å²) in [6, 6.07) is 0.0606. The number of nitrogens with zero attached hydrogens (tertiary/aromatic N) is 1. The van der Waals surface area contributed by atoms with Gasteiger partial charge in [0.05, 0.1) is 6.54 Å². The fourth-order valence-corrected chi connectivity index (χ4v) is 1.66. The molecule has 0 bridgehead atoms. The Morgan fingerprint density at radius 2 is 2.20 bits per heavy atom. The van der Waals surface area contributed by atoms with Crippen molar-refractivity contribution in [1.82, 2.24) is 15.5 Å². The van der Waals surface area contributed by atoms with E-state index in [1.807, 2.05) is 6.92 Å². The molecule has 1 fully saturated rings. The van der Waals surface area contributed by atoms with Crippen molar-refractivity contribution in [2.24, 2.45) is 0 Å². The Kier molecular flexibility index (Phi) is 5.60. The molecular weight excluding hydrogens is 194 g/mol. The number of rotatable bonds is 5. The van der Waals surface area contributed by atoms with Gasteiger partial charge in [0.2, 0.25) is 5.91 Å². The van der Waals surface area contributed by atoms with E-state index in [-0.39, 0.29) is 18.6 Å². The van der Waals surface area contributed by atoms with Gasteiger partial charge in [-0.15, -0.1) is 0 Å². The van der Waals surface area contributed by atoms with Gasteiger partial charge in [-0.1, -0.05) is 0 Å². The van der Waals surface area contributed by atoms with E-state index in [4.69, 9.17) is 5.11 Å². The SMILES string of the molecule is CC(CCO)NC(=O)CN1CCNCC1. The maximum atomic E-state index is 11.5. The monoisotopic (exact) mass is 215 g/mol. The molecule has 5 nitrogen and oxygen atoms in total. The van der Waals surface area contributed by atoms with Crippen molar-refractivity contribution in [3.63, 3.8) is 0 Å². The molecule has 1 saturated heterocycles. The van der Waals surface area contributed by atoms with Gasteiger partial charge < -0.3 is 15.7 Å². The Bertz CT molecular complexity index is 193. The van der Waals surface area contributed by atoms with Crippen LogP contribution >= 0.6 is 0 Å². The van der Waals surface area contributed by atoms with Crippen LogP contribution in [0.4, 0.5) is 0 Å². The number of hydrogen-bond donors (Lipinski definition) is 3. The second-order valence-corrected chi connectivity index (χ2v) is 4.01. The van der Waals surface area contributed by atoms with E-state index in [2.05, 4.69) is 15.5 Å². The first-order chi connectivity index (χ1) is 7.22. The van der Waals surface area contributed by atoms with Crippen LogP contribution in [0.25, 0.3) is 0 Å². The van der Waals surface area contributed by atoms with Crippen LogP contribution in [0.1, 0.15) is 13.3 Å². The highest BCUT2D eigenvalue weighted by Crippen LogP contribution is 1.93. The number of carbonyl (C=O) groups excluding carboxylic acids is 1. The fraction of sp³-hybridized carbons (Fsp3) is 0.900. The first-order valence-electron chi connectivity index (χ1n) is 5.55. The van der Waals surface area contributed by atoms with Crippen molar-refractivity contribution in [2.45, 2.75) is 19.4 Å². The highest BCUT2D eigenvalue weighted by molar-refractivity contribution is 5.78. The van der Waals surface area contributed by atoms with Crippen molar-refractivity contribution in [1.29, 1.82) is 0 Å². The molecule has 3 N–H and O–H groups in total. The molecule has 15 heavy (non-hydrogen) atoms. The minimum absolute atomic E-state index is 0.0536. The summed E-state index contributed by atoms with van der Waals surface area (Å²) in [6.45, 7) is 6.28. The van der Waals surface area contributed by atoms with Crippen LogP contribution in [-0.4, -0.2) is 61.3 Å². The summed E-state index contributed by atoms with van der Waals surface area (Å²) in [6.07, 6.45) is 0.618. The van der Waals surface area contributed by atoms with Gasteiger partial charge >= 0.3 is 0 Å². The molecule has 5 heteroatoms. The molecule has 1 aliphatic heterocycles. The van der Waals surface area contributed by atoms with Crippen LogP contribution in [0.15, 0.2) is 0 Å². The highest BCUT2D eigenvalue weighted by Gasteiger charge is 2.14. The molecule has 1 unspecified atom stereocenters. The molecule has 0 spiro atoms. The van der Waals surface area contributed by atoms with Crippen molar-refractivity contribution in [3.8, 4) is 0 Å². The van der Waals surface area contributed by atoms with Gasteiger partial charge in [-0.25, -0.2) is 0 Å². The lowest BCUT2D eigenvalue weighted by molar-refractivity contribution is -0.123. The maximum absolute atomic E-state index is 11.5. The number of aliphatic hydroxyl groups is 1. The topological polar surface area (TPSA) is 64.6 Å². The van der Waals surface area contributed by atoms with Gasteiger partial charge in [0.1, 0.15) is 0 Å². The largest absolute Gasteiger partial charge is 0.396 e. The zero-order valence-electron chi connectivity index (χ0n) is 9.33. The minimum Gasteiger partial charge on any atom is -0.396 e. The molecule has 0 aromatic rings. The molecule has 1 atom stereocenters. The number of carbonyl (C=O) groups is 1. The fourth-order valence-electron chi connectivity index (χ4n) is 1.66. The molecular formula is C10H21N3O2. The molecule has 0 saturated carbocycles. The van der Waals surface area contributed by atoms with Gasteiger partial charge in [0, 0.05) is 38.8 Å². The second kappa shape index (κ2) is 6.76. The van der Waals surface area contributed by atoms with Gasteiger partial charge in [0.25, 0.3) is 0 Å². The normalized spacial score (nSPS) is 19.9. The van der Waals surface area contributed by atoms with E-state index >= 15 is 0 Å². The lowest BCUT2D eigenvalue weighted by Crippen LogP contribution is -2.48. The Labute approximate surface area is 90.8 Å². The van der Waals surface area contributed by atoms with Crippen molar-refractivity contribution >= 4 is 5.91 Å². The molecule has 88 valence electrons. The van der Waals surface area contributed by atoms with Crippen molar-refractivity contribution < 1.29 is 9.90 Å². The molecule has 1 amide bonds. The van der Waals surface area contributed by atoms with E-state index in [1.54, 1.807) is 0 Å². The predicted molar refractivity (Wildman–Crippen MR) is 58.6 cm³/mol. The number of aliphatic hydroxyl groups excluding tert-OH is 1. The predicted octanol–water partition coefficient (Wildman–Crippen LogP) is -1.22. The van der Waals surface area contributed by atoms with Gasteiger partial charge in [-0.2, -0.15) is 0 Å². The summed E-state index contributed by atoms with van der Waals surface area (Å²) >= 11 is 0. The minimum atomic E-state index is 0.0536. The van der Waals surface area contributed by atoms with Crippen LogP contribution in [0.5, 0.6) is 0 Å². The van der Waals surface area contributed by atoms with Crippen molar-refractivity contribution in [2.75, 3.05) is 39.3 Å². The zero-order valence-corrected chi connectivity index (χ0v) is 9.33. The van der Waals surface area contributed by atoms with Gasteiger partial charge in [-0.3, -0.25) is 9.69 Å². The van der Waals surface area contributed by atoms with E-state index in [1.165, 1.54) is 0 Å². The van der Waals surface area contributed by atoms with Crippen LogP contribution < -0.4 is 10.6 Å². The number of amides is 1. The Morgan fingerprint density at radius 3 is 2.80 bits per heavy atom. The smallest absolute Gasteiger partial charge is 0.234 e. The molecule has 0 radical (unpaired) electrons. The van der Waals surface area contributed by atoms with E-state index in [0.717, 1.165) is 26.2 Å². The van der Waals surface area contributed by atoms with Crippen LogP contribution in [0.3, 0.4) is 0 Å². The van der Waals surface area contributed by atoms with E-state index < -0.39 is 0 Å². The average Bonchev–Trinajstić information content (AvgIpc) is 2.19. The summed E-state index contributed by atoms with van der Waals surface area (Å²) in [5.74, 6) is 0.0536. The number of piperazine rings is 1. The van der Waals surface area contributed by atoms with Gasteiger partial charge in [0.15, 0.2) is 0 Å². The zero-order chi connectivity index (χ0) is 11.1. The Hall–Kier alpha value is -0.650. The quantitative estimate of drug-likeness (QED) is 0.538. The van der Waals surface area contributed by atoms with E-state index in [9.17, 15) is 4.79 Å². The third kappa shape index (κ3) is 5.11. The summed E-state index contributed by atoms with van der Waals surface area (Å²) in [5.41, 5.74) is 0. The standard InChI is InChI=1S/C10H21N3O2/c1-9(2-7-14)12-10(15)8-13-5-3-11-4-6-13/h9,11,14H,2-8H2,1H3,(H,12,15). The summed E-state index contributed by atoms with van der Waals surface area (Å²) in [7, 11) is 0. The maximum Gasteiger partial charge on any atom is 0.234 e. The summed E-state index contributed by atoms with van der Waals surface area (Å²) in [4.78, 5) is 13.7. The Morgan fingerprint density at radius 1 is 1.53 bits per heavy atom. The molecule has 1 heterocycles. The van der Waals surface area contributed by atoms with E-state index in [0.29, 0.717) is 13.0 Å². The van der Waals surface area contributed by atoms with Crippen LogP contribution in [-0.2, 0) is 4.79 Å². The lowest BCUT2D eigenvalue weighted by Gasteiger charge is -2.27. The molecule has 0 aromatic heterocycles. The molecule has 1 rings (SSSR count). The third-order valence-electron chi connectivity index (χ3n) is 2.55. The highest BCUT2D eigenvalue weighted by atomic mass is 16.3. The number of nitrogens with one attached hydrogen (secondary N) is 2.